The van der Waals surface area contributed by atoms with Crippen LogP contribution in [-0.4, -0.2) is 31.4 Å². The lowest BCUT2D eigenvalue weighted by molar-refractivity contribution is -0.143. The summed E-state index contributed by atoms with van der Waals surface area (Å²) in [6.07, 6.45) is 6.15. The van der Waals surface area contributed by atoms with E-state index in [-0.39, 0.29) is 5.97 Å². The second-order valence-electron chi connectivity index (χ2n) is 6.12. The molecule has 0 radical (unpaired) electrons. The first-order valence-corrected chi connectivity index (χ1v) is 10.5. The van der Waals surface area contributed by atoms with Crippen LogP contribution in [0.15, 0.2) is 11.3 Å². The fraction of sp³-hybridized carbons (Fsp3) is 0.786. The van der Waals surface area contributed by atoms with Crippen molar-refractivity contribution in [1.29, 1.82) is 0 Å². The summed E-state index contributed by atoms with van der Waals surface area (Å²) < 4.78 is 5.27. The van der Waals surface area contributed by atoms with Crippen LogP contribution in [0.1, 0.15) is 39.0 Å². The molecule has 0 aliphatic carbocycles. The highest BCUT2D eigenvalue weighted by atomic mass is 28.3. The normalized spacial score (nSPS) is 21.7. The van der Waals surface area contributed by atoms with Gasteiger partial charge in [0.2, 0.25) is 0 Å². The summed E-state index contributed by atoms with van der Waals surface area (Å²) in [6.45, 7) is 8.53. The van der Waals surface area contributed by atoms with E-state index >= 15 is 0 Å². The lowest BCUT2D eigenvalue weighted by atomic mass is 10.1. The standard InChI is InChI=1S/C14H26O3Si/c1-5-6-7-8-9-11(15)12-10-13(14(16)17-12)18(2,3)4/h10-12,15H,5-9H2,1-4H3/t11-,12-/m1/s1. The third-order valence-corrected chi connectivity index (χ3v) is 5.32. The highest BCUT2D eigenvalue weighted by Gasteiger charge is 2.36. The first-order valence-electron chi connectivity index (χ1n) is 6.97. The van der Waals surface area contributed by atoms with Gasteiger partial charge in [0.05, 0.1) is 14.2 Å². The van der Waals surface area contributed by atoms with E-state index in [1.54, 1.807) is 0 Å². The maximum absolute atomic E-state index is 11.7. The number of esters is 1. The number of hydrogen-bond acceptors (Lipinski definition) is 3. The van der Waals surface area contributed by atoms with E-state index < -0.39 is 20.3 Å². The molecule has 1 aliphatic rings. The average molecular weight is 270 g/mol. The van der Waals surface area contributed by atoms with Crippen LogP contribution in [0.25, 0.3) is 0 Å². The first-order chi connectivity index (χ1) is 8.36. The van der Waals surface area contributed by atoms with Crippen LogP contribution in [-0.2, 0) is 9.53 Å². The lowest BCUT2D eigenvalue weighted by Crippen LogP contribution is -2.28. The Morgan fingerprint density at radius 1 is 1.33 bits per heavy atom. The summed E-state index contributed by atoms with van der Waals surface area (Å²) in [4.78, 5) is 11.7. The zero-order valence-corrected chi connectivity index (χ0v) is 13.0. The predicted octanol–water partition coefficient (Wildman–Crippen LogP) is 3.05. The minimum absolute atomic E-state index is 0.216. The topological polar surface area (TPSA) is 46.5 Å². The van der Waals surface area contributed by atoms with Gasteiger partial charge in [-0.05, 0) is 12.5 Å². The van der Waals surface area contributed by atoms with Gasteiger partial charge in [0.1, 0.15) is 6.10 Å². The third kappa shape index (κ3) is 4.25. The Balaban J connectivity index is 2.48. The Bertz CT molecular complexity index is 317. The number of unbranched alkanes of at least 4 members (excludes halogenated alkanes) is 3. The van der Waals surface area contributed by atoms with Crippen LogP contribution in [0.4, 0.5) is 0 Å². The molecule has 0 unspecified atom stereocenters. The molecular formula is C14H26O3Si. The van der Waals surface area contributed by atoms with Gasteiger partial charge >= 0.3 is 5.97 Å². The van der Waals surface area contributed by atoms with Gasteiger partial charge in [-0.2, -0.15) is 0 Å². The van der Waals surface area contributed by atoms with Crippen molar-refractivity contribution in [2.24, 2.45) is 0 Å². The van der Waals surface area contributed by atoms with Gasteiger partial charge < -0.3 is 9.84 Å². The second kappa shape index (κ2) is 6.52. The molecule has 0 spiro atoms. The van der Waals surface area contributed by atoms with Gasteiger partial charge in [-0.1, -0.05) is 52.2 Å². The first kappa shape index (κ1) is 15.4. The van der Waals surface area contributed by atoms with Crippen LogP contribution < -0.4 is 0 Å². The van der Waals surface area contributed by atoms with Crippen LogP contribution in [0.3, 0.4) is 0 Å². The molecule has 0 aromatic rings. The summed E-state index contributed by atoms with van der Waals surface area (Å²) >= 11 is 0. The van der Waals surface area contributed by atoms with Crippen LogP contribution in [0.2, 0.25) is 19.6 Å². The van der Waals surface area contributed by atoms with Crippen LogP contribution in [0.5, 0.6) is 0 Å². The van der Waals surface area contributed by atoms with Crippen molar-refractivity contribution < 1.29 is 14.6 Å². The summed E-state index contributed by atoms with van der Waals surface area (Å²) in [5.41, 5.74) is 0. The molecule has 0 amide bonds. The van der Waals surface area contributed by atoms with E-state index in [0.717, 1.165) is 18.0 Å². The molecule has 0 bridgehead atoms. The van der Waals surface area contributed by atoms with E-state index in [9.17, 15) is 9.90 Å². The molecule has 0 saturated heterocycles. The summed E-state index contributed by atoms with van der Waals surface area (Å²) in [7, 11) is -1.64. The predicted molar refractivity (Wildman–Crippen MR) is 76.1 cm³/mol. The third-order valence-electron chi connectivity index (χ3n) is 3.33. The van der Waals surface area contributed by atoms with Crippen molar-refractivity contribution >= 4 is 14.0 Å². The zero-order chi connectivity index (χ0) is 13.8. The highest BCUT2D eigenvalue weighted by molar-refractivity contribution is 6.87. The molecule has 0 fully saturated rings. The van der Waals surface area contributed by atoms with Gasteiger partial charge in [0.15, 0.2) is 0 Å². The van der Waals surface area contributed by atoms with Crippen molar-refractivity contribution in [1.82, 2.24) is 0 Å². The van der Waals surface area contributed by atoms with Crippen molar-refractivity contribution in [3.8, 4) is 0 Å². The Hall–Kier alpha value is -0.613. The van der Waals surface area contributed by atoms with E-state index in [0.29, 0.717) is 6.42 Å². The number of cyclic esters (lactones) is 1. The molecule has 4 heteroatoms. The monoisotopic (exact) mass is 270 g/mol. The van der Waals surface area contributed by atoms with Crippen molar-refractivity contribution in [2.45, 2.75) is 70.9 Å². The number of rotatable bonds is 7. The van der Waals surface area contributed by atoms with E-state index in [1.165, 1.54) is 12.8 Å². The van der Waals surface area contributed by atoms with Gasteiger partial charge in [-0.3, -0.25) is 0 Å². The molecule has 18 heavy (non-hydrogen) atoms. The SMILES string of the molecule is CCCCCC[C@@H](O)[C@H]1C=C([Si](C)(C)C)C(=O)O1. The van der Waals surface area contributed by atoms with Crippen LogP contribution in [0, 0.1) is 0 Å². The smallest absolute Gasteiger partial charge is 0.330 e. The Morgan fingerprint density at radius 2 is 2.00 bits per heavy atom. The summed E-state index contributed by atoms with van der Waals surface area (Å²) in [5, 5.41) is 10.9. The molecule has 0 saturated carbocycles. The molecule has 0 aromatic carbocycles. The van der Waals surface area contributed by atoms with Crippen LogP contribution >= 0.6 is 0 Å². The molecule has 0 aromatic heterocycles. The number of carbonyl (C=O) groups excluding carboxylic acids is 1. The zero-order valence-electron chi connectivity index (χ0n) is 12.0. The highest BCUT2D eigenvalue weighted by Crippen LogP contribution is 2.26. The molecule has 1 N–H and O–H groups in total. The molecule has 3 nitrogen and oxygen atoms in total. The fourth-order valence-corrected chi connectivity index (χ4v) is 3.48. The van der Waals surface area contributed by atoms with Crippen molar-refractivity contribution in [3.05, 3.63) is 11.3 Å². The average Bonchev–Trinajstić information content (AvgIpc) is 2.66. The maximum atomic E-state index is 11.7. The number of ether oxygens (including phenoxy) is 1. The summed E-state index contributed by atoms with van der Waals surface area (Å²) in [5.74, 6) is -0.216. The molecule has 1 aliphatic heterocycles. The molecule has 1 rings (SSSR count). The minimum atomic E-state index is -1.64. The summed E-state index contributed by atoms with van der Waals surface area (Å²) in [6, 6.07) is 0. The van der Waals surface area contributed by atoms with Crippen molar-refractivity contribution in [2.75, 3.05) is 0 Å². The quantitative estimate of drug-likeness (QED) is 0.439. The van der Waals surface area contributed by atoms with Gasteiger partial charge in [-0.25, -0.2) is 4.79 Å². The second-order valence-corrected chi connectivity index (χ2v) is 11.2. The number of hydrogen-bond donors (Lipinski definition) is 1. The van der Waals surface area contributed by atoms with E-state index in [4.69, 9.17) is 4.74 Å². The van der Waals surface area contributed by atoms with Crippen molar-refractivity contribution in [3.63, 3.8) is 0 Å². The Morgan fingerprint density at radius 3 is 2.50 bits per heavy atom. The van der Waals surface area contributed by atoms with Gasteiger partial charge in [0.25, 0.3) is 0 Å². The van der Waals surface area contributed by atoms with Gasteiger partial charge in [0, 0.05) is 5.20 Å². The molecule has 2 atom stereocenters. The number of aliphatic hydroxyl groups is 1. The Labute approximate surface area is 111 Å². The minimum Gasteiger partial charge on any atom is -0.452 e. The number of aliphatic hydroxyl groups excluding tert-OH is 1. The largest absolute Gasteiger partial charge is 0.452 e. The lowest BCUT2D eigenvalue weighted by Gasteiger charge is -2.15. The number of carbonyl (C=O) groups is 1. The molecule has 1 heterocycles. The maximum Gasteiger partial charge on any atom is 0.330 e. The Kier molecular flexibility index (Phi) is 5.60. The fourth-order valence-electron chi connectivity index (χ4n) is 2.14. The van der Waals surface area contributed by atoms with E-state index in [2.05, 4.69) is 26.6 Å². The van der Waals surface area contributed by atoms with Gasteiger partial charge in [-0.15, -0.1) is 0 Å². The molecular weight excluding hydrogens is 244 g/mol. The van der Waals surface area contributed by atoms with E-state index in [1.807, 2.05) is 6.08 Å². The molecule has 104 valence electrons.